The lowest BCUT2D eigenvalue weighted by Gasteiger charge is -2.21. The summed E-state index contributed by atoms with van der Waals surface area (Å²) in [5.41, 5.74) is 8.66. The first kappa shape index (κ1) is 11.9. The maximum absolute atomic E-state index is 11.7. The van der Waals surface area contributed by atoms with Gasteiger partial charge in [0, 0.05) is 32.2 Å². The fourth-order valence-electron chi connectivity index (χ4n) is 2.24. The van der Waals surface area contributed by atoms with Crippen molar-refractivity contribution in [2.75, 3.05) is 30.3 Å². The zero-order valence-electron chi connectivity index (χ0n) is 10.4. The normalized spacial score (nSPS) is 16.5. The summed E-state index contributed by atoms with van der Waals surface area (Å²) in [7, 11) is 0. The predicted octanol–water partition coefficient (Wildman–Crippen LogP) is 1.46. The Labute approximate surface area is 102 Å². The van der Waals surface area contributed by atoms with E-state index in [4.69, 9.17) is 5.73 Å². The minimum absolute atomic E-state index is 0.0785. The topological polar surface area (TPSA) is 49.6 Å². The summed E-state index contributed by atoms with van der Waals surface area (Å²) in [6.45, 7) is 7.27. The third-order valence-corrected chi connectivity index (χ3v) is 3.26. The van der Waals surface area contributed by atoms with Crippen LogP contribution < -0.4 is 10.6 Å². The highest BCUT2D eigenvalue weighted by Gasteiger charge is 2.21. The first-order chi connectivity index (χ1) is 8.11. The molecule has 0 saturated heterocycles. The number of carbonyl (C=O) groups is 1. The molecule has 1 amide bonds. The first-order valence-corrected chi connectivity index (χ1v) is 6.00. The van der Waals surface area contributed by atoms with Crippen molar-refractivity contribution in [3.8, 4) is 0 Å². The number of fused-ring (bicyclic) bond motifs is 1. The second-order valence-corrected chi connectivity index (χ2v) is 4.43. The van der Waals surface area contributed by atoms with Crippen LogP contribution in [0.4, 0.5) is 11.4 Å². The lowest BCUT2D eigenvalue weighted by Crippen LogP contribution is -2.34. The smallest absolute Gasteiger partial charge is 0.223 e. The number of nitrogens with zero attached hydrogens (tertiary/aromatic N) is 2. The maximum Gasteiger partial charge on any atom is 0.223 e. The van der Waals surface area contributed by atoms with E-state index in [1.807, 2.05) is 23.1 Å². The van der Waals surface area contributed by atoms with Gasteiger partial charge in [-0.05, 0) is 24.2 Å². The standard InChI is InChI=1S/C13H19N3O/c1-3-15-6-7-16(10(2)17)13-8-12(14)5-4-11(13)9-15/h4-5,8H,3,6-7,9,14H2,1-2H3. The highest BCUT2D eigenvalue weighted by atomic mass is 16.2. The molecule has 0 atom stereocenters. The van der Waals surface area contributed by atoms with Gasteiger partial charge in [-0.1, -0.05) is 13.0 Å². The molecule has 1 aliphatic heterocycles. The molecule has 0 aliphatic carbocycles. The van der Waals surface area contributed by atoms with Crippen LogP contribution in [0.1, 0.15) is 19.4 Å². The summed E-state index contributed by atoms with van der Waals surface area (Å²) in [6.07, 6.45) is 0. The zero-order chi connectivity index (χ0) is 12.4. The molecule has 1 aromatic carbocycles. The molecule has 2 rings (SSSR count). The molecule has 0 aromatic heterocycles. The van der Waals surface area contributed by atoms with Crippen molar-refractivity contribution < 1.29 is 4.79 Å². The molecular formula is C13H19N3O. The lowest BCUT2D eigenvalue weighted by molar-refractivity contribution is -0.116. The second kappa shape index (κ2) is 4.75. The minimum atomic E-state index is 0.0785. The summed E-state index contributed by atoms with van der Waals surface area (Å²) in [6, 6.07) is 5.82. The van der Waals surface area contributed by atoms with E-state index in [0.29, 0.717) is 5.69 Å². The van der Waals surface area contributed by atoms with Crippen LogP contribution in [-0.4, -0.2) is 30.4 Å². The summed E-state index contributed by atoms with van der Waals surface area (Å²) >= 11 is 0. The third-order valence-electron chi connectivity index (χ3n) is 3.26. The van der Waals surface area contributed by atoms with Crippen molar-refractivity contribution in [1.29, 1.82) is 0 Å². The van der Waals surface area contributed by atoms with Crippen LogP contribution in [0, 0.1) is 0 Å². The van der Waals surface area contributed by atoms with E-state index in [-0.39, 0.29) is 5.91 Å². The maximum atomic E-state index is 11.7. The van der Waals surface area contributed by atoms with Crippen molar-refractivity contribution in [1.82, 2.24) is 4.90 Å². The quantitative estimate of drug-likeness (QED) is 0.747. The molecule has 0 radical (unpaired) electrons. The number of likely N-dealkylation sites (N-methyl/N-ethyl adjacent to an activating group) is 1. The molecule has 4 heteroatoms. The summed E-state index contributed by atoms with van der Waals surface area (Å²) in [5.74, 6) is 0.0785. The Balaban J connectivity index is 2.43. The van der Waals surface area contributed by atoms with Gasteiger partial charge in [0.15, 0.2) is 0 Å². The molecule has 92 valence electrons. The number of nitrogens with two attached hydrogens (primary N) is 1. The van der Waals surface area contributed by atoms with E-state index < -0.39 is 0 Å². The molecular weight excluding hydrogens is 214 g/mol. The van der Waals surface area contributed by atoms with Crippen LogP contribution in [0.25, 0.3) is 0 Å². The fraction of sp³-hybridized carbons (Fsp3) is 0.462. The van der Waals surface area contributed by atoms with E-state index in [1.165, 1.54) is 5.56 Å². The van der Waals surface area contributed by atoms with Gasteiger partial charge in [-0.2, -0.15) is 0 Å². The molecule has 17 heavy (non-hydrogen) atoms. The molecule has 0 bridgehead atoms. The van der Waals surface area contributed by atoms with Gasteiger partial charge in [0.2, 0.25) is 5.91 Å². The Hall–Kier alpha value is -1.55. The Morgan fingerprint density at radius 1 is 1.41 bits per heavy atom. The Bertz CT molecular complexity index is 431. The number of carbonyl (C=O) groups excluding carboxylic acids is 1. The number of anilines is 2. The highest BCUT2D eigenvalue weighted by molar-refractivity contribution is 5.93. The van der Waals surface area contributed by atoms with Gasteiger partial charge in [0.05, 0.1) is 5.69 Å². The van der Waals surface area contributed by atoms with Crippen LogP contribution in [0.5, 0.6) is 0 Å². The second-order valence-electron chi connectivity index (χ2n) is 4.43. The Kier molecular flexibility index (Phi) is 3.33. The number of amides is 1. The van der Waals surface area contributed by atoms with Crippen LogP contribution in [0.15, 0.2) is 18.2 Å². The van der Waals surface area contributed by atoms with Gasteiger partial charge in [-0.15, -0.1) is 0 Å². The van der Waals surface area contributed by atoms with E-state index in [0.717, 1.165) is 31.9 Å². The Morgan fingerprint density at radius 2 is 2.18 bits per heavy atom. The highest BCUT2D eigenvalue weighted by Crippen LogP contribution is 2.27. The van der Waals surface area contributed by atoms with Crippen molar-refractivity contribution in [3.63, 3.8) is 0 Å². The molecule has 1 aliphatic rings. The van der Waals surface area contributed by atoms with Crippen LogP contribution in [0.3, 0.4) is 0 Å². The molecule has 2 N–H and O–H groups in total. The van der Waals surface area contributed by atoms with Gasteiger partial charge in [0.1, 0.15) is 0 Å². The molecule has 0 spiro atoms. The Morgan fingerprint density at radius 3 is 2.82 bits per heavy atom. The summed E-state index contributed by atoms with van der Waals surface area (Å²) in [4.78, 5) is 15.8. The molecule has 1 aromatic rings. The summed E-state index contributed by atoms with van der Waals surface area (Å²) in [5, 5.41) is 0. The van der Waals surface area contributed by atoms with E-state index in [1.54, 1.807) is 6.92 Å². The van der Waals surface area contributed by atoms with Crippen LogP contribution in [0.2, 0.25) is 0 Å². The van der Waals surface area contributed by atoms with E-state index in [2.05, 4.69) is 11.8 Å². The van der Waals surface area contributed by atoms with Gasteiger partial charge in [-0.3, -0.25) is 9.69 Å². The molecule has 0 fully saturated rings. The number of benzene rings is 1. The van der Waals surface area contributed by atoms with Crippen molar-refractivity contribution in [2.24, 2.45) is 0 Å². The lowest BCUT2D eigenvalue weighted by atomic mass is 10.1. The zero-order valence-corrected chi connectivity index (χ0v) is 10.4. The fourth-order valence-corrected chi connectivity index (χ4v) is 2.24. The monoisotopic (exact) mass is 233 g/mol. The molecule has 4 nitrogen and oxygen atoms in total. The third kappa shape index (κ3) is 2.42. The largest absolute Gasteiger partial charge is 0.399 e. The predicted molar refractivity (Wildman–Crippen MR) is 69.8 cm³/mol. The van der Waals surface area contributed by atoms with Crippen LogP contribution in [-0.2, 0) is 11.3 Å². The van der Waals surface area contributed by atoms with E-state index >= 15 is 0 Å². The number of rotatable bonds is 1. The van der Waals surface area contributed by atoms with Gasteiger partial charge >= 0.3 is 0 Å². The van der Waals surface area contributed by atoms with Gasteiger partial charge in [0.25, 0.3) is 0 Å². The van der Waals surface area contributed by atoms with Crippen molar-refractivity contribution in [2.45, 2.75) is 20.4 Å². The summed E-state index contributed by atoms with van der Waals surface area (Å²) < 4.78 is 0. The minimum Gasteiger partial charge on any atom is -0.399 e. The average Bonchev–Trinajstić information content (AvgIpc) is 2.47. The SMILES string of the molecule is CCN1CCN(C(C)=O)c2cc(N)ccc2C1. The van der Waals surface area contributed by atoms with Crippen LogP contribution >= 0.6 is 0 Å². The number of hydrogen-bond acceptors (Lipinski definition) is 3. The van der Waals surface area contributed by atoms with E-state index in [9.17, 15) is 4.79 Å². The molecule has 0 unspecified atom stereocenters. The molecule has 0 saturated carbocycles. The van der Waals surface area contributed by atoms with Crippen molar-refractivity contribution in [3.05, 3.63) is 23.8 Å². The molecule has 1 heterocycles. The van der Waals surface area contributed by atoms with Crippen molar-refractivity contribution >= 4 is 17.3 Å². The average molecular weight is 233 g/mol. The number of hydrogen-bond donors (Lipinski definition) is 1. The van der Waals surface area contributed by atoms with Gasteiger partial charge in [-0.25, -0.2) is 0 Å². The first-order valence-electron chi connectivity index (χ1n) is 6.00. The van der Waals surface area contributed by atoms with Gasteiger partial charge < -0.3 is 10.6 Å². The number of nitrogen functional groups attached to an aromatic ring is 1.